The van der Waals surface area contributed by atoms with Crippen molar-refractivity contribution in [2.45, 2.75) is 51.0 Å². The third-order valence-electron chi connectivity index (χ3n) is 1.85. The largest absolute Gasteiger partial charge is 0.522 e. The molecule has 0 heterocycles. The zero-order chi connectivity index (χ0) is 13.9. The Hall–Kier alpha value is 0.130. The SMILES string of the molecule is CCCCCCCCP.O=S(=O)(O)C(F)(F)F. The Bertz CT molecular complexity index is 259. The Kier molecular flexibility index (Phi) is 11.6. The standard InChI is InChI=1S/C8H19P.CHF3O3S/c1-2-3-4-5-6-7-8-9;2-1(3,4)8(5,6)7/h2-9H2,1H3;(H,5,6,7). The molecule has 0 aliphatic carbocycles. The topological polar surface area (TPSA) is 54.4 Å². The van der Waals surface area contributed by atoms with Crippen LogP contribution in [0.1, 0.15) is 45.4 Å². The lowest BCUT2D eigenvalue weighted by atomic mass is 10.1. The van der Waals surface area contributed by atoms with Crippen molar-refractivity contribution >= 4 is 19.4 Å². The van der Waals surface area contributed by atoms with Gasteiger partial charge in [-0.05, 0) is 12.6 Å². The van der Waals surface area contributed by atoms with E-state index in [1.807, 2.05) is 0 Å². The minimum absolute atomic E-state index is 1.28. The summed E-state index contributed by atoms with van der Waals surface area (Å²) in [5.41, 5.74) is -5.53. The molecule has 0 spiro atoms. The van der Waals surface area contributed by atoms with Crippen LogP contribution in [0.2, 0.25) is 0 Å². The van der Waals surface area contributed by atoms with E-state index >= 15 is 0 Å². The first kappa shape index (κ1) is 19.5. The molecule has 1 atom stereocenters. The maximum Gasteiger partial charge on any atom is 0.522 e. The van der Waals surface area contributed by atoms with Gasteiger partial charge in [0.25, 0.3) is 0 Å². The lowest BCUT2D eigenvalue weighted by molar-refractivity contribution is -0.0510. The first-order valence-corrected chi connectivity index (χ1v) is 7.66. The van der Waals surface area contributed by atoms with Gasteiger partial charge in [-0.2, -0.15) is 21.6 Å². The number of rotatable bonds is 6. The highest BCUT2D eigenvalue weighted by molar-refractivity contribution is 7.86. The fourth-order valence-corrected chi connectivity index (χ4v) is 1.21. The number of halogens is 3. The normalized spacial score (nSPS) is 11.9. The van der Waals surface area contributed by atoms with Crippen molar-refractivity contribution in [1.82, 2.24) is 0 Å². The van der Waals surface area contributed by atoms with E-state index in [1.54, 1.807) is 0 Å². The lowest BCUT2D eigenvalue weighted by Crippen LogP contribution is -2.21. The van der Waals surface area contributed by atoms with Crippen molar-refractivity contribution in [3.8, 4) is 0 Å². The van der Waals surface area contributed by atoms with Gasteiger partial charge in [-0.1, -0.05) is 39.0 Å². The van der Waals surface area contributed by atoms with Gasteiger partial charge in [0, 0.05) is 0 Å². The number of hydrogen-bond donors (Lipinski definition) is 1. The highest BCUT2D eigenvalue weighted by Crippen LogP contribution is 2.20. The molecule has 1 unspecified atom stereocenters. The molecule has 0 saturated carbocycles. The summed E-state index contributed by atoms with van der Waals surface area (Å²) < 4.78 is 57.5. The van der Waals surface area contributed by atoms with Gasteiger partial charge in [0.2, 0.25) is 0 Å². The van der Waals surface area contributed by atoms with Gasteiger partial charge in [-0.15, -0.1) is 9.24 Å². The third kappa shape index (κ3) is 14.1. The molecule has 0 aromatic heterocycles. The van der Waals surface area contributed by atoms with Crippen molar-refractivity contribution < 1.29 is 26.1 Å². The van der Waals surface area contributed by atoms with E-state index < -0.39 is 15.6 Å². The second-order valence-corrected chi connectivity index (χ2v) is 5.47. The van der Waals surface area contributed by atoms with Crippen LogP contribution in [0.15, 0.2) is 0 Å². The average Bonchev–Trinajstić information content (AvgIpc) is 2.15. The fraction of sp³-hybridized carbons (Fsp3) is 1.00. The van der Waals surface area contributed by atoms with Crippen LogP contribution in [-0.2, 0) is 10.1 Å². The Morgan fingerprint density at radius 1 is 1.06 bits per heavy atom. The number of hydrogen-bond acceptors (Lipinski definition) is 2. The maximum atomic E-state index is 10.7. The van der Waals surface area contributed by atoms with Crippen LogP contribution in [0.4, 0.5) is 13.2 Å². The quantitative estimate of drug-likeness (QED) is 0.352. The predicted molar refractivity (Wildman–Crippen MR) is 65.6 cm³/mol. The average molecular weight is 296 g/mol. The summed E-state index contributed by atoms with van der Waals surface area (Å²) >= 11 is 0. The van der Waals surface area contributed by atoms with E-state index in [0.717, 1.165) is 0 Å². The molecule has 0 aromatic rings. The van der Waals surface area contributed by atoms with Crippen LogP contribution in [0.5, 0.6) is 0 Å². The van der Waals surface area contributed by atoms with Crippen LogP contribution < -0.4 is 0 Å². The van der Waals surface area contributed by atoms with E-state index in [9.17, 15) is 13.2 Å². The van der Waals surface area contributed by atoms with Crippen molar-refractivity contribution in [3.63, 3.8) is 0 Å². The second kappa shape index (κ2) is 10.1. The summed E-state index contributed by atoms with van der Waals surface area (Å²) in [4.78, 5) is 0. The summed E-state index contributed by atoms with van der Waals surface area (Å²) in [6.07, 6.45) is 9.80. The summed E-state index contributed by atoms with van der Waals surface area (Å²) in [6, 6.07) is 0. The zero-order valence-electron chi connectivity index (χ0n) is 9.83. The molecule has 106 valence electrons. The first-order chi connectivity index (χ1) is 7.66. The van der Waals surface area contributed by atoms with E-state index in [0.29, 0.717) is 0 Å². The molecule has 17 heavy (non-hydrogen) atoms. The van der Waals surface area contributed by atoms with Crippen LogP contribution in [0.25, 0.3) is 0 Å². The first-order valence-electron chi connectivity index (χ1n) is 5.40. The summed E-state index contributed by atoms with van der Waals surface area (Å²) in [5.74, 6) is 0. The van der Waals surface area contributed by atoms with Crippen molar-refractivity contribution in [2.75, 3.05) is 6.16 Å². The number of unbranched alkanes of at least 4 members (excludes halogenated alkanes) is 5. The molecule has 0 rings (SSSR count). The maximum absolute atomic E-state index is 10.7. The molecule has 0 aliphatic rings. The summed E-state index contributed by atoms with van der Waals surface area (Å²) in [6.45, 7) is 2.26. The fourth-order valence-electron chi connectivity index (χ4n) is 0.925. The zero-order valence-corrected chi connectivity index (χ0v) is 11.8. The van der Waals surface area contributed by atoms with Crippen LogP contribution in [0, 0.1) is 0 Å². The van der Waals surface area contributed by atoms with Crippen LogP contribution in [0.3, 0.4) is 0 Å². The van der Waals surface area contributed by atoms with Gasteiger partial charge >= 0.3 is 15.6 Å². The minimum Gasteiger partial charge on any atom is -0.279 e. The Labute approximate surface area is 103 Å². The molecule has 0 radical (unpaired) electrons. The van der Waals surface area contributed by atoms with Crippen LogP contribution >= 0.6 is 9.24 Å². The van der Waals surface area contributed by atoms with Gasteiger partial charge < -0.3 is 0 Å². The third-order valence-corrected chi connectivity index (χ3v) is 2.84. The van der Waals surface area contributed by atoms with Crippen molar-refractivity contribution in [1.29, 1.82) is 0 Å². The van der Waals surface area contributed by atoms with E-state index in [4.69, 9.17) is 13.0 Å². The molecular weight excluding hydrogens is 276 g/mol. The van der Waals surface area contributed by atoms with Gasteiger partial charge in [0.15, 0.2) is 0 Å². The highest BCUT2D eigenvalue weighted by atomic mass is 32.2. The molecular formula is C9H20F3O3PS. The highest BCUT2D eigenvalue weighted by Gasteiger charge is 2.44. The monoisotopic (exact) mass is 296 g/mol. The molecule has 0 bridgehead atoms. The summed E-state index contributed by atoms with van der Waals surface area (Å²) in [5, 5.41) is 0. The Balaban J connectivity index is 0. The molecule has 0 saturated heterocycles. The molecule has 0 aliphatic heterocycles. The molecule has 3 nitrogen and oxygen atoms in total. The van der Waals surface area contributed by atoms with Crippen molar-refractivity contribution in [2.24, 2.45) is 0 Å². The van der Waals surface area contributed by atoms with Gasteiger partial charge in [-0.3, -0.25) is 4.55 Å². The molecule has 0 fully saturated rings. The van der Waals surface area contributed by atoms with Gasteiger partial charge in [0.05, 0.1) is 0 Å². The Morgan fingerprint density at radius 3 is 1.71 bits per heavy atom. The number of alkyl halides is 3. The molecule has 0 aromatic carbocycles. The summed E-state index contributed by atoms with van der Waals surface area (Å²) in [7, 11) is -3.06. The van der Waals surface area contributed by atoms with E-state index in [-0.39, 0.29) is 0 Å². The van der Waals surface area contributed by atoms with E-state index in [2.05, 4.69) is 16.2 Å². The lowest BCUT2D eigenvalue weighted by Gasteiger charge is -1.97. The predicted octanol–water partition coefficient (Wildman–Crippen LogP) is 3.62. The second-order valence-electron chi connectivity index (χ2n) is 3.48. The minimum atomic E-state index is -5.84. The van der Waals surface area contributed by atoms with Gasteiger partial charge in [0.1, 0.15) is 0 Å². The van der Waals surface area contributed by atoms with E-state index in [1.165, 1.54) is 44.7 Å². The smallest absolute Gasteiger partial charge is 0.279 e. The van der Waals surface area contributed by atoms with Gasteiger partial charge in [-0.25, -0.2) is 0 Å². The van der Waals surface area contributed by atoms with Crippen molar-refractivity contribution in [3.05, 3.63) is 0 Å². The van der Waals surface area contributed by atoms with Crippen LogP contribution in [-0.4, -0.2) is 24.6 Å². The molecule has 0 amide bonds. The Morgan fingerprint density at radius 2 is 1.41 bits per heavy atom. The molecule has 8 heteroatoms. The molecule has 1 N–H and O–H groups in total.